The lowest BCUT2D eigenvalue weighted by Gasteiger charge is -2.22. The highest BCUT2D eigenvalue weighted by Crippen LogP contribution is 2.26. The number of rotatable bonds is 5. The molecule has 0 bridgehead atoms. The van der Waals surface area contributed by atoms with Crippen molar-refractivity contribution in [3.05, 3.63) is 16.4 Å². The molecule has 1 unspecified atom stereocenters. The molecule has 0 fully saturated rings. The molecule has 0 aliphatic carbocycles. The van der Waals surface area contributed by atoms with E-state index in [4.69, 9.17) is 5.73 Å². The predicted molar refractivity (Wildman–Crippen MR) is 71.7 cm³/mol. The topological polar surface area (TPSA) is 127 Å². The molecule has 0 aliphatic heterocycles. The molecule has 19 heavy (non-hydrogen) atoms. The maximum atomic E-state index is 10.9. The Kier molecular flexibility index (Phi) is 4.60. The monoisotopic (exact) mass is 269 g/mol. The van der Waals surface area contributed by atoms with Crippen LogP contribution in [-0.4, -0.2) is 32.6 Å². The Bertz CT molecular complexity index is 458. The van der Waals surface area contributed by atoms with E-state index in [0.717, 1.165) is 6.33 Å². The van der Waals surface area contributed by atoms with Crippen LogP contribution in [-0.2, 0) is 0 Å². The fourth-order valence-corrected chi connectivity index (χ4v) is 1.70. The molecule has 4 N–H and O–H groups in total. The van der Waals surface area contributed by atoms with E-state index in [2.05, 4.69) is 15.3 Å². The van der Waals surface area contributed by atoms with Crippen molar-refractivity contribution < 1.29 is 10.0 Å². The number of nitro groups is 1. The number of nitrogens with zero attached hydrogens (tertiary/aromatic N) is 3. The predicted octanol–water partition coefficient (Wildman–Crippen LogP) is 1.18. The van der Waals surface area contributed by atoms with E-state index < -0.39 is 11.0 Å². The van der Waals surface area contributed by atoms with Gasteiger partial charge in [0.1, 0.15) is 6.33 Å². The Hall–Kier alpha value is -1.96. The van der Waals surface area contributed by atoms with Gasteiger partial charge in [0.15, 0.2) is 0 Å². The first-order valence-corrected chi connectivity index (χ1v) is 5.87. The van der Waals surface area contributed by atoms with E-state index in [9.17, 15) is 15.2 Å². The molecule has 1 atom stereocenters. The third kappa shape index (κ3) is 4.66. The first-order chi connectivity index (χ1) is 8.70. The molecule has 0 saturated heterocycles. The lowest BCUT2D eigenvalue weighted by atomic mass is 9.89. The summed E-state index contributed by atoms with van der Waals surface area (Å²) in [4.78, 5) is 17.6. The number of hydrogen-bond acceptors (Lipinski definition) is 7. The molecule has 0 aromatic carbocycles. The summed E-state index contributed by atoms with van der Waals surface area (Å²) in [7, 11) is 0. The number of nitrogens with one attached hydrogen (secondary N) is 1. The zero-order valence-corrected chi connectivity index (χ0v) is 11.3. The Morgan fingerprint density at radius 3 is 2.68 bits per heavy atom. The van der Waals surface area contributed by atoms with Crippen LogP contribution in [0.1, 0.15) is 27.2 Å². The summed E-state index contributed by atoms with van der Waals surface area (Å²) in [5, 5.41) is 23.4. The van der Waals surface area contributed by atoms with Crippen LogP contribution in [0.2, 0.25) is 0 Å². The van der Waals surface area contributed by atoms with Crippen molar-refractivity contribution >= 4 is 17.3 Å². The highest BCUT2D eigenvalue weighted by Gasteiger charge is 2.22. The average Bonchev–Trinajstić information content (AvgIpc) is 2.23. The van der Waals surface area contributed by atoms with E-state index in [1.807, 2.05) is 20.8 Å². The van der Waals surface area contributed by atoms with E-state index >= 15 is 0 Å². The van der Waals surface area contributed by atoms with Gasteiger partial charge < -0.3 is 16.2 Å². The second-order valence-electron chi connectivity index (χ2n) is 5.51. The van der Waals surface area contributed by atoms with Gasteiger partial charge in [0, 0.05) is 6.54 Å². The maximum Gasteiger partial charge on any atom is 0.352 e. The molecule has 1 aromatic rings. The summed E-state index contributed by atoms with van der Waals surface area (Å²) < 4.78 is 0. The third-order valence-corrected chi connectivity index (χ3v) is 2.39. The van der Waals surface area contributed by atoms with Crippen LogP contribution in [0.25, 0.3) is 0 Å². The molecule has 1 heterocycles. The van der Waals surface area contributed by atoms with Crippen molar-refractivity contribution in [2.24, 2.45) is 5.41 Å². The maximum absolute atomic E-state index is 10.9. The Labute approximate surface area is 111 Å². The van der Waals surface area contributed by atoms with Crippen LogP contribution in [0.15, 0.2) is 6.33 Å². The molecule has 1 aromatic heterocycles. The van der Waals surface area contributed by atoms with Crippen molar-refractivity contribution in [3.8, 4) is 0 Å². The molecule has 0 amide bonds. The van der Waals surface area contributed by atoms with Crippen molar-refractivity contribution in [2.45, 2.75) is 33.3 Å². The molecule has 1 rings (SSSR count). The quantitative estimate of drug-likeness (QED) is 0.540. The fraction of sp³-hybridized carbons (Fsp3) is 0.636. The zero-order chi connectivity index (χ0) is 14.6. The summed E-state index contributed by atoms with van der Waals surface area (Å²) in [6.45, 7) is 6.17. The summed E-state index contributed by atoms with van der Waals surface area (Å²) in [6.07, 6.45) is 1.07. The summed E-state index contributed by atoms with van der Waals surface area (Å²) in [6, 6.07) is 0. The molecular weight excluding hydrogens is 250 g/mol. The van der Waals surface area contributed by atoms with Crippen LogP contribution in [0.3, 0.4) is 0 Å². The SMILES string of the molecule is CC(C)(C)CC(O)CNc1ncnc(N)c1[N+](=O)[O-]. The van der Waals surface area contributed by atoms with Gasteiger partial charge in [0.05, 0.1) is 11.0 Å². The molecule has 0 aliphatic rings. The normalized spacial score (nSPS) is 13.1. The first kappa shape index (κ1) is 15.1. The largest absolute Gasteiger partial charge is 0.391 e. The average molecular weight is 269 g/mol. The molecule has 8 heteroatoms. The lowest BCUT2D eigenvalue weighted by molar-refractivity contribution is -0.383. The van der Waals surface area contributed by atoms with Crippen LogP contribution < -0.4 is 11.1 Å². The number of aromatic nitrogens is 2. The zero-order valence-electron chi connectivity index (χ0n) is 11.3. The Morgan fingerprint density at radius 2 is 2.16 bits per heavy atom. The lowest BCUT2D eigenvalue weighted by Crippen LogP contribution is -2.25. The minimum Gasteiger partial charge on any atom is -0.391 e. The summed E-state index contributed by atoms with van der Waals surface area (Å²) in [5.74, 6) is -0.182. The fourth-order valence-electron chi connectivity index (χ4n) is 1.70. The van der Waals surface area contributed by atoms with Gasteiger partial charge in [-0.3, -0.25) is 10.1 Å². The van der Waals surface area contributed by atoms with Crippen LogP contribution in [0, 0.1) is 15.5 Å². The molecule has 0 saturated carbocycles. The van der Waals surface area contributed by atoms with Gasteiger partial charge in [-0.25, -0.2) is 9.97 Å². The van der Waals surface area contributed by atoms with Crippen molar-refractivity contribution in [2.75, 3.05) is 17.6 Å². The molecular formula is C11H19N5O3. The van der Waals surface area contributed by atoms with E-state index in [1.165, 1.54) is 0 Å². The number of aliphatic hydroxyl groups is 1. The standard InChI is InChI=1S/C11H19N5O3/c1-11(2,3)4-7(17)5-13-10-8(16(18)19)9(12)14-6-15-10/h6-7,17H,4-5H2,1-3H3,(H3,12,13,14,15). The number of nitrogen functional groups attached to an aromatic ring is 1. The number of nitrogens with two attached hydrogens (primary N) is 1. The molecule has 0 radical (unpaired) electrons. The number of hydrogen-bond donors (Lipinski definition) is 3. The summed E-state index contributed by atoms with van der Waals surface area (Å²) >= 11 is 0. The highest BCUT2D eigenvalue weighted by molar-refractivity contribution is 5.67. The smallest absolute Gasteiger partial charge is 0.352 e. The van der Waals surface area contributed by atoms with Crippen LogP contribution in [0.4, 0.5) is 17.3 Å². The van der Waals surface area contributed by atoms with Crippen molar-refractivity contribution in [1.29, 1.82) is 0 Å². The minimum absolute atomic E-state index is 0.0189. The van der Waals surface area contributed by atoms with E-state index in [1.54, 1.807) is 0 Å². The van der Waals surface area contributed by atoms with E-state index in [0.29, 0.717) is 6.42 Å². The van der Waals surface area contributed by atoms with Gasteiger partial charge in [0.25, 0.3) is 0 Å². The van der Waals surface area contributed by atoms with Gasteiger partial charge in [-0.1, -0.05) is 20.8 Å². The van der Waals surface area contributed by atoms with Gasteiger partial charge in [-0.2, -0.15) is 0 Å². The molecule has 106 valence electrons. The van der Waals surface area contributed by atoms with Gasteiger partial charge in [0.2, 0.25) is 11.6 Å². The second-order valence-corrected chi connectivity index (χ2v) is 5.51. The Balaban J connectivity index is 2.73. The molecule has 0 spiro atoms. The summed E-state index contributed by atoms with van der Waals surface area (Å²) in [5.41, 5.74) is 5.04. The second kappa shape index (κ2) is 5.79. The van der Waals surface area contributed by atoms with Crippen LogP contribution >= 0.6 is 0 Å². The minimum atomic E-state index is -0.645. The van der Waals surface area contributed by atoms with Gasteiger partial charge >= 0.3 is 5.69 Å². The number of aliphatic hydroxyl groups excluding tert-OH is 1. The molecule has 8 nitrogen and oxygen atoms in total. The Morgan fingerprint density at radius 1 is 1.53 bits per heavy atom. The first-order valence-electron chi connectivity index (χ1n) is 5.87. The third-order valence-electron chi connectivity index (χ3n) is 2.39. The van der Waals surface area contributed by atoms with Crippen LogP contribution in [0.5, 0.6) is 0 Å². The number of anilines is 2. The highest BCUT2D eigenvalue weighted by atomic mass is 16.6. The van der Waals surface area contributed by atoms with Gasteiger partial charge in [-0.05, 0) is 11.8 Å². The van der Waals surface area contributed by atoms with Crippen molar-refractivity contribution in [1.82, 2.24) is 9.97 Å². The van der Waals surface area contributed by atoms with Gasteiger partial charge in [-0.15, -0.1) is 0 Å². The van der Waals surface area contributed by atoms with Crippen molar-refractivity contribution in [3.63, 3.8) is 0 Å². The van der Waals surface area contributed by atoms with E-state index in [-0.39, 0.29) is 29.3 Å².